The van der Waals surface area contributed by atoms with Crippen molar-refractivity contribution in [2.24, 2.45) is 11.8 Å². The van der Waals surface area contributed by atoms with Gasteiger partial charge in [-0.2, -0.15) is 5.10 Å². The average Bonchev–Trinajstić information content (AvgIpc) is 3.24. The Morgan fingerprint density at radius 2 is 1.90 bits per heavy atom. The first-order chi connectivity index (χ1) is 14.8. The van der Waals surface area contributed by atoms with Gasteiger partial charge in [0.2, 0.25) is 5.91 Å². The fraction of sp³-hybridized carbons (Fsp3) is 0.522. The number of aromatic nitrogens is 2. The first-order valence-electron chi connectivity index (χ1n) is 11.1. The number of benzene rings is 1. The van der Waals surface area contributed by atoms with Gasteiger partial charge < -0.3 is 15.4 Å². The van der Waals surface area contributed by atoms with Gasteiger partial charge in [-0.05, 0) is 36.8 Å². The van der Waals surface area contributed by atoms with Crippen LogP contribution in [0.25, 0.3) is 0 Å². The van der Waals surface area contributed by atoms with Gasteiger partial charge in [-0.25, -0.2) is 0 Å². The number of ketones is 1. The summed E-state index contributed by atoms with van der Waals surface area (Å²) in [4.78, 5) is 25.9. The van der Waals surface area contributed by atoms with Crippen LogP contribution in [-0.4, -0.2) is 44.6 Å². The number of nitrogens with one attached hydrogen (secondary N) is 1. The highest BCUT2D eigenvalue weighted by Crippen LogP contribution is 2.16. The fourth-order valence-electron chi connectivity index (χ4n) is 3.52. The molecule has 0 aliphatic rings. The molecule has 0 unspecified atom stereocenters. The van der Waals surface area contributed by atoms with E-state index in [-0.39, 0.29) is 30.6 Å². The van der Waals surface area contributed by atoms with Gasteiger partial charge in [-0.15, -0.1) is 0 Å². The molecule has 0 aliphatic heterocycles. The minimum Gasteiger partial charge on any atom is -0.426 e. The summed E-state index contributed by atoms with van der Waals surface area (Å²) >= 11 is 0. The average molecular weight is 427 g/mol. The van der Waals surface area contributed by atoms with E-state index in [1.54, 1.807) is 23.1 Å². The van der Waals surface area contributed by atoms with Crippen molar-refractivity contribution in [1.29, 1.82) is 0 Å². The van der Waals surface area contributed by atoms with E-state index in [0.717, 1.165) is 19.3 Å². The number of carbonyl (C=O) groups is 2. The minimum absolute atomic E-state index is 0.00984. The lowest BCUT2D eigenvalue weighted by molar-refractivity contribution is -0.126. The zero-order valence-corrected chi connectivity index (χ0v) is 18.7. The molecule has 2 aromatic rings. The lowest BCUT2D eigenvalue weighted by atomic mass is 9.74. The van der Waals surface area contributed by atoms with E-state index in [4.69, 9.17) is 0 Å². The number of Topliss-reactive ketones (excluding diaryl/α,β-unsaturated/α-hetero) is 1. The summed E-state index contributed by atoms with van der Waals surface area (Å²) < 4.78 is 1.61. The second-order valence-electron chi connectivity index (χ2n) is 8.51. The molecule has 2 rings (SSSR count). The van der Waals surface area contributed by atoms with E-state index >= 15 is 0 Å². The Labute approximate surface area is 185 Å². The molecular weight excluding hydrogens is 393 g/mol. The molecule has 1 aromatic heterocycles. The van der Waals surface area contributed by atoms with Gasteiger partial charge >= 0.3 is 7.12 Å². The lowest BCUT2D eigenvalue weighted by Crippen LogP contribution is -2.49. The van der Waals surface area contributed by atoms with Crippen LogP contribution >= 0.6 is 0 Å². The quantitative estimate of drug-likeness (QED) is 0.337. The maximum atomic E-state index is 13.0. The monoisotopic (exact) mass is 427 g/mol. The maximum absolute atomic E-state index is 13.0. The number of unbranched alkanes of at least 4 members (excludes halogenated alkanes) is 1. The zero-order valence-electron chi connectivity index (χ0n) is 18.7. The van der Waals surface area contributed by atoms with E-state index in [0.29, 0.717) is 12.0 Å². The molecule has 0 aliphatic carbocycles. The van der Waals surface area contributed by atoms with Gasteiger partial charge in [0, 0.05) is 24.4 Å². The smallest absolute Gasteiger partial charge is 0.426 e. The Bertz CT molecular complexity index is 807. The molecule has 168 valence electrons. The van der Waals surface area contributed by atoms with Crippen LogP contribution in [0.4, 0.5) is 0 Å². The second kappa shape index (κ2) is 12.4. The van der Waals surface area contributed by atoms with Crippen LogP contribution in [-0.2, 0) is 17.8 Å². The zero-order chi connectivity index (χ0) is 22.8. The predicted octanol–water partition coefficient (Wildman–Crippen LogP) is 2.66. The number of amides is 1. The molecule has 0 radical (unpaired) electrons. The molecule has 1 heterocycles. The number of hydrogen-bond acceptors (Lipinski definition) is 5. The third-order valence-electron chi connectivity index (χ3n) is 5.28. The summed E-state index contributed by atoms with van der Waals surface area (Å²) in [6.07, 6.45) is 6.99. The van der Waals surface area contributed by atoms with Crippen molar-refractivity contribution in [2.45, 2.75) is 65.4 Å². The van der Waals surface area contributed by atoms with Crippen LogP contribution in [0, 0.1) is 11.8 Å². The van der Waals surface area contributed by atoms with Gasteiger partial charge in [0.25, 0.3) is 0 Å². The molecule has 2 atom stereocenters. The summed E-state index contributed by atoms with van der Waals surface area (Å²) in [6.45, 7) is 6.26. The molecule has 3 N–H and O–H groups in total. The van der Waals surface area contributed by atoms with E-state index in [2.05, 4.69) is 17.3 Å². The maximum Gasteiger partial charge on any atom is 0.475 e. The van der Waals surface area contributed by atoms with Gasteiger partial charge in [0.05, 0.1) is 18.4 Å². The third kappa shape index (κ3) is 8.30. The molecule has 0 bridgehead atoms. The minimum atomic E-state index is -1.66. The van der Waals surface area contributed by atoms with Crippen LogP contribution in [0.2, 0.25) is 0 Å². The van der Waals surface area contributed by atoms with Gasteiger partial charge in [-0.1, -0.05) is 51.5 Å². The Balaban J connectivity index is 2.11. The molecule has 0 saturated carbocycles. The molecular formula is C23H34BN3O4. The highest BCUT2D eigenvalue weighted by Gasteiger charge is 2.30. The second-order valence-corrected chi connectivity index (χ2v) is 8.51. The van der Waals surface area contributed by atoms with Crippen molar-refractivity contribution in [3.63, 3.8) is 0 Å². The van der Waals surface area contributed by atoms with Crippen molar-refractivity contribution in [2.75, 3.05) is 0 Å². The molecule has 1 aromatic carbocycles. The van der Waals surface area contributed by atoms with E-state index in [9.17, 15) is 19.6 Å². The first kappa shape index (κ1) is 24.8. The number of hydrogen-bond donors (Lipinski definition) is 3. The van der Waals surface area contributed by atoms with E-state index in [1.807, 2.05) is 38.1 Å². The summed E-state index contributed by atoms with van der Waals surface area (Å²) in [5, 5.41) is 26.2. The molecule has 0 spiro atoms. The molecule has 31 heavy (non-hydrogen) atoms. The highest BCUT2D eigenvalue weighted by atomic mass is 16.4. The predicted molar refractivity (Wildman–Crippen MR) is 121 cm³/mol. The highest BCUT2D eigenvalue weighted by molar-refractivity contribution is 6.43. The molecule has 7 nitrogen and oxygen atoms in total. The Morgan fingerprint density at radius 3 is 2.45 bits per heavy atom. The van der Waals surface area contributed by atoms with Crippen molar-refractivity contribution >= 4 is 18.8 Å². The van der Waals surface area contributed by atoms with Crippen molar-refractivity contribution < 1.29 is 19.6 Å². The van der Waals surface area contributed by atoms with Gasteiger partial charge in [-0.3, -0.25) is 14.3 Å². The van der Waals surface area contributed by atoms with Crippen molar-refractivity contribution in [3.8, 4) is 0 Å². The lowest BCUT2D eigenvalue weighted by Gasteiger charge is -2.23. The van der Waals surface area contributed by atoms with Crippen LogP contribution in [0.1, 0.15) is 62.4 Å². The third-order valence-corrected chi connectivity index (χ3v) is 5.28. The van der Waals surface area contributed by atoms with Crippen molar-refractivity contribution in [1.82, 2.24) is 15.1 Å². The summed E-state index contributed by atoms with van der Waals surface area (Å²) in [5.41, 5.74) is 1.76. The van der Waals surface area contributed by atoms with Crippen LogP contribution in [0.5, 0.6) is 0 Å². The summed E-state index contributed by atoms with van der Waals surface area (Å²) in [6, 6.07) is 9.31. The topological polar surface area (TPSA) is 104 Å². The summed E-state index contributed by atoms with van der Waals surface area (Å²) in [7, 11) is -1.66. The Morgan fingerprint density at radius 1 is 1.19 bits per heavy atom. The first-order valence-corrected chi connectivity index (χ1v) is 11.1. The largest absolute Gasteiger partial charge is 0.475 e. The van der Waals surface area contributed by atoms with Crippen molar-refractivity contribution in [3.05, 3.63) is 53.9 Å². The van der Waals surface area contributed by atoms with Crippen LogP contribution in [0.15, 0.2) is 42.7 Å². The van der Waals surface area contributed by atoms with Crippen LogP contribution < -0.4 is 5.32 Å². The van der Waals surface area contributed by atoms with Gasteiger partial charge in [0.1, 0.15) is 0 Å². The van der Waals surface area contributed by atoms with Crippen LogP contribution in [0.3, 0.4) is 0 Å². The number of nitrogens with zero attached hydrogens (tertiary/aromatic N) is 2. The SMILES string of the molecule is CCCCc1ccc(C(=O)C[C@@H](Cn2cccn2)C(=O)N[C@@H](CC(C)C)B(O)O)cc1. The molecule has 0 fully saturated rings. The number of rotatable bonds is 13. The molecule has 8 heteroatoms. The fourth-order valence-corrected chi connectivity index (χ4v) is 3.52. The molecule has 0 saturated heterocycles. The normalized spacial score (nSPS) is 13.1. The summed E-state index contributed by atoms with van der Waals surface area (Å²) in [5.74, 6) is -1.81. The van der Waals surface area contributed by atoms with Gasteiger partial charge in [0.15, 0.2) is 5.78 Å². The number of carbonyl (C=O) groups excluding carboxylic acids is 2. The Kier molecular flexibility index (Phi) is 9.94. The Hall–Kier alpha value is -2.45. The van der Waals surface area contributed by atoms with E-state index < -0.39 is 19.0 Å². The number of aryl methyl sites for hydroxylation is 1. The van der Waals surface area contributed by atoms with E-state index in [1.165, 1.54) is 5.56 Å². The standard InChI is InChI=1S/C23H34BN3O4/c1-4-5-7-18-8-10-19(11-9-18)21(28)15-20(16-27-13-6-12-25-27)23(29)26-22(24(30)31)14-17(2)3/h6,8-13,17,20,22,30-31H,4-5,7,14-16H2,1-3H3,(H,26,29)/t20-,22-/m0/s1. The molecule has 1 amide bonds.